The Morgan fingerprint density at radius 3 is 2.50 bits per heavy atom. The van der Waals surface area contributed by atoms with E-state index in [9.17, 15) is 0 Å². The van der Waals surface area contributed by atoms with Crippen molar-refractivity contribution < 1.29 is 13.9 Å². The van der Waals surface area contributed by atoms with E-state index < -0.39 is 0 Å². The van der Waals surface area contributed by atoms with Gasteiger partial charge < -0.3 is 13.9 Å². The molecule has 0 amide bonds. The van der Waals surface area contributed by atoms with Crippen LogP contribution in [0.5, 0.6) is 11.5 Å². The van der Waals surface area contributed by atoms with Crippen LogP contribution in [-0.4, -0.2) is 7.11 Å². The summed E-state index contributed by atoms with van der Waals surface area (Å²) >= 11 is 0. The number of rotatable bonds is 4. The van der Waals surface area contributed by atoms with Gasteiger partial charge in [0, 0.05) is 10.9 Å². The van der Waals surface area contributed by atoms with Crippen molar-refractivity contribution in [3.63, 3.8) is 0 Å². The zero-order valence-electron chi connectivity index (χ0n) is 11.6. The second-order valence-corrected chi connectivity index (χ2v) is 4.68. The van der Waals surface area contributed by atoms with Crippen LogP contribution in [0.25, 0.3) is 11.0 Å². The smallest absolute Gasteiger partial charge is 0.137 e. The van der Waals surface area contributed by atoms with E-state index in [2.05, 4.69) is 6.07 Å². The van der Waals surface area contributed by atoms with E-state index in [1.54, 1.807) is 13.4 Å². The molecule has 3 rings (SSSR count). The van der Waals surface area contributed by atoms with Crippen LogP contribution in [0.4, 0.5) is 0 Å². The third-order valence-electron chi connectivity index (χ3n) is 3.33. The molecule has 0 fully saturated rings. The lowest BCUT2D eigenvalue weighted by Crippen LogP contribution is -1.94. The molecular formula is C17H16O3. The highest BCUT2D eigenvalue weighted by atomic mass is 16.5. The van der Waals surface area contributed by atoms with Gasteiger partial charge in [-0.2, -0.15) is 0 Å². The molecule has 0 N–H and O–H groups in total. The van der Waals surface area contributed by atoms with E-state index in [4.69, 9.17) is 13.9 Å². The first kappa shape index (κ1) is 12.6. The molecule has 0 atom stereocenters. The van der Waals surface area contributed by atoms with Gasteiger partial charge in [-0.1, -0.05) is 18.2 Å². The number of hydrogen-bond acceptors (Lipinski definition) is 3. The highest BCUT2D eigenvalue weighted by molar-refractivity contribution is 5.83. The second kappa shape index (κ2) is 5.29. The van der Waals surface area contributed by atoms with Gasteiger partial charge in [0.1, 0.15) is 23.7 Å². The fraction of sp³-hybridized carbons (Fsp3) is 0.176. The summed E-state index contributed by atoms with van der Waals surface area (Å²) in [6.07, 6.45) is 1.77. The molecule has 0 saturated carbocycles. The molecule has 0 radical (unpaired) electrons. The molecule has 3 aromatic rings. The predicted octanol–water partition coefficient (Wildman–Crippen LogP) is 4.33. The fourth-order valence-electron chi connectivity index (χ4n) is 2.20. The fourth-order valence-corrected chi connectivity index (χ4v) is 2.20. The van der Waals surface area contributed by atoms with Gasteiger partial charge in [-0.05, 0) is 36.8 Å². The van der Waals surface area contributed by atoms with Gasteiger partial charge in [0.15, 0.2) is 0 Å². The summed E-state index contributed by atoms with van der Waals surface area (Å²) in [5.74, 6) is 1.63. The third kappa shape index (κ3) is 2.35. The van der Waals surface area contributed by atoms with Crippen LogP contribution in [0.15, 0.2) is 53.1 Å². The Morgan fingerprint density at radius 2 is 1.75 bits per heavy atom. The zero-order chi connectivity index (χ0) is 13.9. The van der Waals surface area contributed by atoms with Crippen LogP contribution in [0, 0.1) is 6.92 Å². The first-order valence-electron chi connectivity index (χ1n) is 6.50. The molecule has 0 aliphatic carbocycles. The maximum atomic E-state index is 5.78. The van der Waals surface area contributed by atoms with Gasteiger partial charge in [0.2, 0.25) is 0 Å². The first-order valence-corrected chi connectivity index (χ1v) is 6.50. The average Bonchev–Trinajstić information content (AvgIpc) is 2.90. The predicted molar refractivity (Wildman–Crippen MR) is 78.3 cm³/mol. The first-order chi connectivity index (χ1) is 9.78. The summed E-state index contributed by atoms with van der Waals surface area (Å²) in [5, 5.41) is 1.11. The van der Waals surface area contributed by atoms with E-state index in [0.717, 1.165) is 33.6 Å². The van der Waals surface area contributed by atoms with Crippen LogP contribution in [0.2, 0.25) is 0 Å². The van der Waals surface area contributed by atoms with Crippen molar-refractivity contribution in [2.75, 3.05) is 7.11 Å². The number of benzene rings is 2. The molecule has 20 heavy (non-hydrogen) atoms. The van der Waals surface area contributed by atoms with E-state index in [0.29, 0.717) is 6.61 Å². The van der Waals surface area contributed by atoms with E-state index in [-0.39, 0.29) is 0 Å². The Hall–Kier alpha value is -2.42. The molecule has 1 aromatic heterocycles. The molecule has 0 aliphatic rings. The Labute approximate surface area is 117 Å². The molecule has 3 nitrogen and oxygen atoms in total. The molecule has 2 aromatic carbocycles. The van der Waals surface area contributed by atoms with Gasteiger partial charge >= 0.3 is 0 Å². The van der Waals surface area contributed by atoms with Crippen molar-refractivity contribution in [1.82, 2.24) is 0 Å². The van der Waals surface area contributed by atoms with Crippen LogP contribution >= 0.6 is 0 Å². The zero-order valence-corrected chi connectivity index (χ0v) is 11.6. The summed E-state index contributed by atoms with van der Waals surface area (Å²) in [4.78, 5) is 0. The normalized spacial score (nSPS) is 10.7. The van der Waals surface area contributed by atoms with Gasteiger partial charge in [-0.3, -0.25) is 0 Å². The Bertz CT molecular complexity index is 711. The van der Waals surface area contributed by atoms with Gasteiger partial charge in [-0.15, -0.1) is 0 Å². The molecule has 0 aliphatic heterocycles. The Balaban J connectivity index is 1.78. The molecule has 102 valence electrons. The summed E-state index contributed by atoms with van der Waals surface area (Å²) < 4.78 is 16.5. The molecule has 1 heterocycles. The van der Waals surface area contributed by atoms with Gasteiger partial charge in [-0.25, -0.2) is 0 Å². The average molecular weight is 268 g/mol. The molecule has 0 spiro atoms. The van der Waals surface area contributed by atoms with E-state index in [1.807, 2.05) is 43.3 Å². The number of methoxy groups -OCH3 is 1. The summed E-state index contributed by atoms with van der Waals surface area (Å²) in [7, 11) is 1.65. The Kier molecular flexibility index (Phi) is 3.33. The quantitative estimate of drug-likeness (QED) is 0.705. The molecule has 0 saturated heterocycles. The molecule has 0 unspecified atom stereocenters. The third-order valence-corrected chi connectivity index (χ3v) is 3.33. The number of ether oxygens (including phenoxy) is 2. The van der Waals surface area contributed by atoms with Gasteiger partial charge in [0.25, 0.3) is 0 Å². The van der Waals surface area contributed by atoms with Gasteiger partial charge in [0.05, 0.1) is 13.4 Å². The number of hydrogen-bond donors (Lipinski definition) is 0. The summed E-state index contributed by atoms with van der Waals surface area (Å²) in [6, 6.07) is 13.7. The van der Waals surface area contributed by atoms with Crippen molar-refractivity contribution in [2.24, 2.45) is 0 Å². The van der Waals surface area contributed by atoms with Crippen LogP contribution in [0.3, 0.4) is 0 Å². The number of fused-ring (bicyclic) bond motifs is 1. The van der Waals surface area contributed by atoms with Crippen molar-refractivity contribution in [1.29, 1.82) is 0 Å². The van der Waals surface area contributed by atoms with Crippen LogP contribution in [-0.2, 0) is 6.61 Å². The minimum atomic E-state index is 0.489. The van der Waals surface area contributed by atoms with E-state index in [1.165, 1.54) is 0 Å². The van der Waals surface area contributed by atoms with Crippen molar-refractivity contribution >= 4 is 11.0 Å². The van der Waals surface area contributed by atoms with Crippen LogP contribution in [0.1, 0.15) is 11.1 Å². The number of furan rings is 1. The maximum Gasteiger partial charge on any atom is 0.137 e. The number of aryl methyl sites for hydroxylation is 1. The summed E-state index contributed by atoms with van der Waals surface area (Å²) in [6.45, 7) is 2.53. The number of para-hydroxylation sites is 1. The van der Waals surface area contributed by atoms with E-state index >= 15 is 0 Å². The minimum Gasteiger partial charge on any atom is -0.497 e. The lowest BCUT2D eigenvalue weighted by atomic mass is 10.1. The largest absolute Gasteiger partial charge is 0.497 e. The standard InChI is InChI=1S/C17H16O3/c1-12-4-3-5-16-13(11-20-17(12)16)10-19-15-8-6-14(18-2)7-9-15/h3-9,11H,10H2,1-2H3. The monoisotopic (exact) mass is 268 g/mol. The molecule has 3 heteroatoms. The van der Waals surface area contributed by atoms with Crippen LogP contribution < -0.4 is 9.47 Å². The highest BCUT2D eigenvalue weighted by Crippen LogP contribution is 2.25. The second-order valence-electron chi connectivity index (χ2n) is 4.68. The van der Waals surface area contributed by atoms with Crippen molar-refractivity contribution in [2.45, 2.75) is 13.5 Å². The summed E-state index contributed by atoms with van der Waals surface area (Å²) in [5.41, 5.74) is 3.12. The van der Waals surface area contributed by atoms with Crippen molar-refractivity contribution in [3.05, 3.63) is 59.9 Å². The van der Waals surface area contributed by atoms with Crippen molar-refractivity contribution in [3.8, 4) is 11.5 Å². The molecule has 0 bridgehead atoms. The highest BCUT2D eigenvalue weighted by Gasteiger charge is 2.08. The minimum absolute atomic E-state index is 0.489. The topological polar surface area (TPSA) is 31.6 Å². The SMILES string of the molecule is COc1ccc(OCc2coc3c(C)cccc23)cc1. The maximum absolute atomic E-state index is 5.78. The lowest BCUT2D eigenvalue weighted by Gasteiger charge is -2.06. The molecular weight excluding hydrogens is 252 g/mol. The lowest BCUT2D eigenvalue weighted by molar-refractivity contribution is 0.305. The Morgan fingerprint density at radius 1 is 1.00 bits per heavy atom.